The molecule has 1 unspecified atom stereocenters. The third-order valence-electron chi connectivity index (χ3n) is 3.65. The van der Waals surface area contributed by atoms with Gasteiger partial charge in [-0.15, -0.1) is 0 Å². The van der Waals surface area contributed by atoms with Crippen molar-refractivity contribution in [1.82, 2.24) is 5.09 Å². The highest BCUT2D eigenvalue weighted by Gasteiger charge is 2.18. The van der Waals surface area contributed by atoms with Crippen LogP contribution in [0, 0.1) is 0 Å². The van der Waals surface area contributed by atoms with Gasteiger partial charge in [0.25, 0.3) is 0 Å². The molecular weight excluding hydrogens is 417 g/mol. The summed E-state index contributed by atoms with van der Waals surface area (Å²) in [4.78, 5) is 12.2. The van der Waals surface area contributed by atoms with Gasteiger partial charge in [-0.05, 0) is 54.1 Å². The van der Waals surface area contributed by atoms with Crippen molar-refractivity contribution in [2.45, 2.75) is 13.0 Å². The lowest BCUT2D eigenvalue weighted by Gasteiger charge is -2.14. The first-order valence-electron chi connectivity index (χ1n) is 7.96. The fraction of sp³-hybridized carbons (Fsp3) is 0.105. The van der Waals surface area contributed by atoms with Crippen molar-refractivity contribution >= 4 is 40.9 Å². The lowest BCUT2D eigenvalue weighted by Crippen LogP contribution is -2.33. The highest BCUT2D eigenvalue weighted by atomic mass is 79.9. The number of nitrogens with one attached hydrogen (secondary N) is 1. The van der Waals surface area contributed by atoms with E-state index in [0.29, 0.717) is 11.5 Å². The molecule has 0 aliphatic rings. The molecule has 0 spiro atoms. The fourth-order valence-electron chi connectivity index (χ4n) is 2.31. The standard InChI is InChI=1S/C19H17BrNO4P/c1-13(21-26(23)25-17-10-7-16(20)8-11-17)19(22)24-18-9-6-14-4-2-3-5-15(14)12-18/h2-13,26H,1H3,(H,21,23)/t13-/m0/s1. The number of carbonyl (C=O) groups is 1. The first-order valence-corrected chi connectivity index (χ1v) is 10.1. The van der Waals surface area contributed by atoms with E-state index in [2.05, 4.69) is 21.0 Å². The molecule has 0 aliphatic heterocycles. The number of hydrogen-bond donors (Lipinski definition) is 1. The molecule has 5 nitrogen and oxygen atoms in total. The molecule has 1 N–H and O–H groups in total. The number of rotatable bonds is 6. The van der Waals surface area contributed by atoms with Crippen LogP contribution in [0.25, 0.3) is 10.8 Å². The topological polar surface area (TPSA) is 64.6 Å². The third kappa shape index (κ3) is 4.94. The summed E-state index contributed by atoms with van der Waals surface area (Å²) in [7, 11) is -2.64. The molecule has 0 radical (unpaired) electrons. The van der Waals surface area contributed by atoms with Gasteiger partial charge in [0.05, 0.1) is 0 Å². The zero-order valence-corrected chi connectivity index (χ0v) is 16.5. The zero-order chi connectivity index (χ0) is 18.5. The molecule has 26 heavy (non-hydrogen) atoms. The largest absolute Gasteiger partial charge is 0.434 e. The average Bonchev–Trinajstić information content (AvgIpc) is 2.63. The van der Waals surface area contributed by atoms with Crippen molar-refractivity contribution in [3.05, 3.63) is 71.2 Å². The Kier molecular flexibility index (Phi) is 6.09. The monoisotopic (exact) mass is 433 g/mol. The molecule has 3 aromatic rings. The van der Waals surface area contributed by atoms with Crippen LogP contribution in [-0.4, -0.2) is 12.0 Å². The van der Waals surface area contributed by atoms with Crippen LogP contribution in [0.4, 0.5) is 0 Å². The van der Waals surface area contributed by atoms with Crippen LogP contribution >= 0.6 is 24.1 Å². The van der Waals surface area contributed by atoms with Gasteiger partial charge < -0.3 is 9.26 Å². The van der Waals surface area contributed by atoms with E-state index in [1.54, 1.807) is 43.3 Å². The van der Waals surface area contributed by atoms with E-state index in [-0.39, 0.29) is 0 Å². The van der Waals surface area contributed by atoms with Crippen molar-refractivity contribution in [3.63, 3.8) is 0 Å². The molecule has 134 valence electrons. The molecule has 0 heterocycles. The molecule has 0 saturated heterocycles. The quantitative estimate of drug-likeness (QED) is 0.338. The van der Waals surface area contributed by atoms with Gasteiger partial charge in [-0.1, -0.05) is 46.3 Å². The fourth-order valence-corrected chi connectivity index (χ4v) is 3.46. The average molecular weight is 434 g/mol. The maximum atomic E-state index is 12.2. The molecule has 0 aliphatic carbocycles. The lowest BCUT2D eigenvalue weighted by atomic mass is 10.1. The first kappa shape index (κ1) is 18.6. The molecule has 7 heteroatoms. The van der Waals surface area contributed by atoms with E-state index in [9.17, 15) is 9.36 Å². The van der Waals surface area contributed by atoms with Crippen LogP contribution in [0.3, 0.4) is 0 Å². The number of halogens is 1. The maximum Gasteiger partial charge on any atom is 0.328 e. The van der Waals surface area contributed by atoms with Gasteiger partial charge >= 0.3 is 14.1 Å². The minimum atomic E-state index is -2.64. The summed E-state index contributed by atoms with van der Waals surface area (Å²) >= 11 is 3.32. The number of ether oxygens (including phenoxy) is 1. The molecular formula is C19H17BrNO4P. The molecule has 0 saturated carbocycles. The van der Waals surface area contributed by atoms with Crippen molar-refractivity contribution < 1.29 is 18.6 Å². The van der Waals surface area contributed by atoms with Crippen LogP contribution in [-0.2, 0) is 9.36 Å². The normalized spacial score (nSPS) is 13.2. The molecule has 3 rings (SSSR count). The Bertz CT molecular complexity index is 946. The van der Waals surface area contributed by atoms with E-state index in [0.717, 1.165) is 15.2 Å². The Morgan fingerprint density at radius 1 is 1.00 bits per heavy atom. The smallest absolute Gasteiger partial charge is 0.328 e. The summed E-state index contributed by atoms with van der Waals surface area (Å²) in [6, 6.07) is 19.4. The summed E-state index contributed by atoms with van der Waals surface area (Å²) in [5.74, 6) is 0.369. The molecule has 0 aromatic heterocycles. The second-order valence-corrected chi connectivity index (χ2v) is 7.62. The molecule has 0 bridgehead atoms. The zero-order valence-electron chi connectivity index (χ0n) is 13.9. The van der Waals surface area contributed by atoms with Gasteiger partial charge in [0, 0.05) is 4.47 Å². The molecule has 3 aromatic carbocycles. The number of benzene rings is 3. The summed E-state index contributed by atoms with van der Waals surface area (Å²) in [6.07, 6.45) is 0. The Morgan fingerprint density at radius 2 is 1.65 bits per heavy atom. The van der Waals surface area contributed by atoms with Gasteiger partial charge in [-0.3, -0.25) is 4.57 Å². The third-order valence-corrected chi connectivity index (χ3v) is 5.27. The van der Waals surface area contributed by atoms with E-state index >= 15 is 0 Å². The maximum absolute atomic E-state index is 12.2. The number of carbonyl (C=O) groups excluding carboxylic acids is 1. The summed E-state index contributed by atoms with van der Waals surface area (Å²) < 4.78 is 23.6. The van der Waals surface area contributed by atoms with Crippen molar-refractivity contribution in [1.29, 1.82) is 0 Å². The Balaban J connectivity index is 1.57. The summed E-state index contributed by atoms with van der Waals surface area (Å²) in [5.41, 5.74) is 0. The predicted molar refractivity (Wildman–Crippen MR) is 106 cm³/mol. The molecule has 0 amide bonds. The minimum absolute atomic E-state index is 0.441. The van der Waals surface area contributed by atoms with Crippen LogP contribution in [0.2, 0.25) is 0 Å². The van der Waals surface area contributed by atoms with E-state index in [4.69, 9.17) is 9.26 Å². The van der Waals surface area contributed by atoms with Crippen LogP contribution in [0.5, 0.6) is 11.5 Å². The van der Waals surface area contributed by atoms with Gasteiger partial charge in [-0.25, -0.2) is 9.88 Å². The highest BCUT2D eigenvalue weighted by Crippen LogP contribution is 2.26. The number of esters is 1. The Labute approximate surface area is 160 Å². The number of hydrogen-bond acceptors (Lipinski definition) is 4. The Morgan fingerprint density at radius 3 is 2.38 bits per heavy atom. The second-order valence-electron chi connectivity index (χ2n) is 5.64. The van der Waals surface area contributed by atoms with Gasteiger partial charge in [-0.2, -0.15) is 0 Å². The lowest BCUT2D eigenvalue weighted by molar-refractivity contribution is -0.135. The van der Waals surface area contributed by atoms with Crippen LogP contribution < -0.4 is 14.3 Å². The van der Waals surface area contributed by atoms with Crippen LogP contribution in [0.1, 0.15) is 6.92 Å². The summed E-state index contributed by atoms with van der Waals surface area (Å²) in [5, 5.41) is 4.68. The van der Waals surface area contributed by atoms with Crippen molar-refractivity contribution in [3.8, 4) is 11.5 Å². The van der Waals surface area contributed by atoms with Crippen LogP contribution in [0.15, 0.2) is 71.2 Å². The predicted octanol–water partition coefficient (Wildman–Crippen LogP) is 4.95. The van der Waals surface area contributed by atoms with Gasteiger partial charge in [0.15, 0.2) is 0 Å². The van der Waals surface area contributed by atoms with Crippen molar-refractivity contribution in [2.24, 2.45) is 0 Å². The van der Waals surface area contributed by atoms with E-state index in [1.165, 1.54) is 0 Å². The summed E-state index contributed by atoms with van der Waals surface area (Å²) in [6.45, 7) is 1.58. The van der Waals surface area contributed by atoms with Gasteiger partial charge in [0.1, 0.15) is 17.5 Å². The second kappa shape index (κ2) is 8.49. The SMILES string of the molecule is C[C@H](N[PH](=O)Oc1ccc(Br)cc1)C(=O)Oc1ccc2ccccc2c1. The molecule has 0 fully saturated rings. The van der Waals surface area contributed by atoms with E-state index in [1.807, 2.05) is 30.3 Å². The first-order chi connectivity index (χ1) is 12.5. The van der Waals surface area contributed by atoms with E-state index < -0.39 is 20.2 Å². The number of fused-ring (bicyclic) bond motifs is 1. The molecule has 2 atom stereocenters. The highest BCUT2D eigenvalue weighted by molar-refractivity contribution is 9.10. The van der Waals surface area contributed by atoms with Crippen molar-refractivity contribution in [2.75, 3.05) is 0 Å². The Hall–Kier alpha value is -2.14. The van der Waals surface area contributed by atoms with Gasteiger partial charge in [0.2, 0.25) is 0 Å². The minimum Gasteiger partial charge on any atom is -0.434 e.